The first kappa shape index (κ1) is 22.8. The summed E-state index contributed by atoms with van der Waals surface area (Å²) in [7, 11) is -3.93. The second-order valence-corrected chi connectivity index (χ2v) is 9.88. The van der Waals surface area contributed by atoms with Crippen LogP contribution in [0.25, 0.3) is 0 Å². The third kappa shape index (κ3) is 6.06. The highest BCUT2D eigenvalue weighted by molar-refractivity contribution is 9.10. The molecule has 0 bridgehead atoms. The summed E-state index contributed by atoms with van der Waals surface area (Å²) >= 11 is 15.2. The topological polar surface area (TPSA) is 75.3 Å². The molecule has 0 radical (unpaired) electrons. The Labute approximate surface area is 193 Å². The van der Waals surface area contributed by atoms with Crippen LogP contribution in [0.1, 0.15) is 5.56 Å². The van der Waals surface area contributed by atoms with Gasteiger partial charge in [0.1, 0.15) is 6.04 Å². The average Bonchev–Trinajstić information content (AvgIpc) is 2.71. The predicted octanol–water partition coefficient (Wildman–Crippen LogP) is 5.28. The lowest BCUT2D eigenvalue weighted by Gasteiger charge is -2.19. The molecule has 0 fully saturated rings. The highest BCUT2D eigenvalue weighted by Gasteiger charge is 2.26. The van der Waals surface area contributed by atoms with Crippen LogP contribution in [0.4, 0.5) is 5.69 Å². The fourth-order valence-corrected chi connectivity index (χ4v) is 4.47. The monoisotopic (exact) mass is 526 g/mol. The highest BCUT2D eigenvalue weighted by atomic mass is 79.9. The van der Waals surface area contributed by atoms with Crippen LogP contribution in [0.5, 0.6) is 0 Å². The van der Waals surface area contributed by atoms with E-state index in [0.717, 1.165) is 10.0 Å². The van der Waals surface area contributed by atoms with Gasteiger partial charge >= 0.3 is 0 Å². The van der Waals surface area contributed by atoms with Gasteiger partial charge in [-0.15, -0.1) is 0 Å². The molecule has 9 heteroatoms. The van der Waals surface area contributed by atoms with Crippen molar-refractivity contribution in [3.05, 3.63) is 92.9 Å². The smallest absolute Gasteiger partial charge is 0.242 e. The lowest BCUT2D eigenvalue weighted by Crippen LogP contribution is -2.45. The molecule has 0 aromatic heterocycles. The number of hydrogen-bond acceptors (Lipinski definition) is 3. The molecule has 0 aliphatic carbocycles. The van der Waals surface area contributed by atoms with E-state index in [1.807, 2.05) is 30.3 Å². The van der Waals surface area contributed by atoms with Crippen LogP contribution in [0, 0.1) is 0 Å². The average molecular weight is 528 g/mol. The van der Waals surface area contributed by atoms with Crippen LogP contribution in [0.3, 0.4) is 0 Å². The number of amides is 1. The fraction of sp³-hybridized carbons (Fsp3) is 0.0952. The van der Waals surface area contributed by atoms with E-state index in [0.29, 0.717) is 10.7 Å². The first-order valence-corrected chi connectivity index (χ1v) is 11.9. The summed E-state index contributed by atoms with van der Waals surface area (Å²) in [5, 5.41) is 3.33. The van der Waals surface area contributed by atoms with Crippen LogP contribution in [0.2, 0.25) is 10.0 Å². The first-order valence-electron chi connectivity index (χ1n) is 8.82. The number of halogens is 3. The lowest BCUT2D eigenvalue weighted by molar-refractivity contribution is -0.117. The van der Waals surface area contributed by atoms with E-state index >= 15 is 0 Å². The Bertz CT molecular complexity index is 1140. The van der Waals surface area contributed by atoms with Gasteiger partial charge in [0.2, 0.25) is 15.9 Å². The number of rotatable bonds is 7. The maximum absolute atomic E-state index is 13.0. The van der Waals surface area contributed by atoms with Crippen molar-refractivity contribution in [1.82, 2.24) is 4.72 Å². The van der Waals surface area contributed by atoms with Gasteiger partial charge in [-0.05, 0) is 54.4 Å². The molecule has 0 heterocycles. The Hall–Kier alpha value is -1.90. The van der Waals surface area contributed by atoms with Crippen molar-refractivity contribution in [1.29, 1.82) is 0 Å². The minimum atomic E-state index is -3.93. The number of carbonyl (C=O) groups is 1. The number of nitrogens with one attached hydrogen (secondary N) is 2. The van der Waals surface area contributed by atoms with Gasteiger partial charge in [-0.1, -0.05) is 69.5 Å². The van der Waals surface area contributed by atoms with Crippen molar-refractivity contribution in [3.8, 4) is 0 Å². The maximum Gasteiger partial charge on any atom is 0.242 e. The van der Waals surface area contributed by atoms with Crippen molar-refractivity contribution in [2.45, 2.75) is 17.4 Å². The Morgan fingerprint density at radius 1 is 0.933 bits per heavy atom. The lowest BCUT2D eigenvalue weighted by atomic mass is 10.1. The molecule has 0 aliphatic rings. The zero-order valence-corrected chi connectivity index (χ0v) is 19.4. The van der Waals surface area contributed by atoms with Crippen LogP contribution in [0.15, 0.2) is 82.2 Å². The number of hydrogen-bond donors (Lipinski definition) is 2. The molecule has 3 aromatic carbocycles. The van der Waals surface area contributed by atoms with E-state index in [1.54, 1.807) is 24.3 Å². The minimum Gasteiger partial charge on any atom is -0.325 e. The molecule has 1 atom stereocenters. The molecular formula is C21H17BrCl2N2O3S. The van der Waals surface area contributed by atoms with Crippen LogP contribution in [-0.4, -0.2) is 20.4 Å². The molecule has 3 rings (SSSR count). The summed E-state index contributed by atoms with van der Waals surface area (Å²) in [6.45, 7) is 0. The van der Waals surface area contributed by atoms with Gasteiger partial charge in [0.05, 0.1) is 14.9 Å². The summed E-state index contributed by atoms with van der Waals surface area (Å²) in [6, 6.07) is 18.9. The first-order chi connectivity index (χ1) is 14.2. The predicted molar refractivity (Wildman–Crippen MR) is 123 cm³/mol. The third-order valence-corrected chi connectivity index (χ3v) is 6.96. The van der Waals surface area contributed by atoms with E-state index in [-0.39, 0.29) is 16.3 Å². The van der Waals surface area contributed by atoms with Crippen LogP contribution in [-0.2, 0) is 21.2 Å². The summed E-state index contributed by atoms with van der Waals surface area (Å²) in [6.07, 6.45) is 0.170. The molecule has 156 valence electrons. The van der Waals surface area contributed by atoms with Gasteiger partial charge in [-0.2, -0.15) is 4.72 Å². The number of carbonyl (C=O) groups excluding carboxylic acids is 1. The van der Waals surface area contributed by atoms with Gasteiger partial charge in [-0.25, -0.2) is 8.42 Å². The third-order valence-electron chi connectivity index (χ3n) is 4.21. The van der Waals surface area contributed by atoms with Gasteiger partial charge < -0.3 is 5.32 Å². The molecule has 30 heavy (non-hydrogen) atoms. The molecule has 0 aliphatic heterocycles. The maximum atomic E-state index is 13.0. The number of sulfonamides is 1. The number of anilines is 1. The summed E-state index contributed by atoms with van der Waals surface area (Å²) in [5.74, 6) is -0.516. The van der Waals surface area contributed by atoms with E-state index in [4.69, 9.17) is 23.2 Å². The van der Waals surface area contributed by atoms with Crippen molar-refractivity contribution < 1.29 is 13.2 Å². The van der Waals surface area contributed by atoms with Crippen molar-refractivity contribution in [2.24, 2.45) is 0 Å². The van der Waals surface area contributed by atoms with Gasteiger partial charge in [0.25, 0.3) is 0 Å². The summed E-state index contributed by atoms with van der Waals surface area (Å²) in [5.41, 5.74) is 1.22. The molecular weight excluding hydrogens is 511 g/mol. The normalized spacial score (nSPS) is 12.4. The Kier molecular flexibility index (Phi) is 7.55. The van der Waals surface area contributed by atoms with E-state index in [9.17, 15) is 13.2 Å². The molecule has 0 saturated carbocycles. The summed E-state index contributed by atoms with van der Waals surface area (Å²) < 4.78 is 29.0. The zero-order chi connectivity index (χ0) is 21.7. The van der Waals surface area contributed by atoms with Crippen LogP contribution < -0.4 is 10.0 Å². The second-order valence-electron chi connectivity index (χ2n) is 6.44. The molecule has 1 amide bonds. The van der Waals surface area contributed by atoms with Crippen LogP contribution >= 0.6 is 39.1 Å². The van der Waals surface area contributed by atoms with Crippen molar-refractivity contribution in [3.63, 3.8) is 0 Å². The Morgan fingerprint density at radius 3 is 2.23 bits per heavy atom. The second kappa shape index (κ2) is 9.94. The molecule has 2 N–H and O–H groups in total. The molecule has 0 unspecified atom stereocenters. The van der Waals surface area contributed by atoms with Crippen molar-refractivity contribution >= 4 is 60.7 Å². The highest BCUT2D eigenvalue weighted by Crippen LogP contribution is 2.25. The van der Waals surface area contributed by atoms with Gasteiger partial charge in [0, 0.05) is 10.2 Å². The van der Waals surface area contributed by atoms with E-state index < -0.39 is 22.0 Å². The Balaban J connectivity index is 1.86. The quantitative estimate of drug-likeness (QED) is 0.438. The summed E-state index contributed by atoms with van der Waals surface area (Å²) in [4.78, 5) is 13.0. The largest absolute Gasteiger partial charge is 0.325 e. The standard InChI is InChI=1S/C21H17BrCl2N2O3S/c22-15-6-9-17(10-7-15)30(28,29)26-20(12-14-4-2-1-3-5-14)21(27)25-16-8-11-18(23)19(24)13-16/h1-11,13,20,26H,12H2,(H,25,27)/t20-/m0/s1. The Morgan fingerprint density at radius 2 is 1.60 bits per heavy atom. The number of benzene rings is 3. The molecule has 0 saturated heterocycles. The SMILES string of the molecule is O=C(Nc1ccc(Cl)c(Cl)c1)[C@H](Cc1ccccc1)NS(=O)(=O)c1ccc(Br)cc1. The zero-order valence-electron chi connectivity index (χ0n) is 15.5. The molecule has 0 spiro atoms. The molecule has 3 aromatic rings. The van der Waals surface area contributed by atoms with Gasteiger partial charge in [0.15, 0.2) is 0 Å². The van der Waals surface area contributed by atoms with E-state index in [2.05, 4.69) is 26.0 Å². The minimum absolute atomic E-state index is 0.0612. The fourth-order valence-electron chi connectivity index (χ4n) is 2.71. The van der Waals surface area contributed by atoms with Crippen molar-refractivity contribution in [2.75, 3.05) is 5.32 Å². The van der Waals surface area contributed by atoms with E-state index in [1.165, 1.54) is 18.2 Å². The molecule has 5 nitrogen and oxygen atoms in total. The van der Waals surface area contributed by atoms with Gasteiger partial charge in [-0.3, -0.25) is 4.79 Å².